The van der Waals surface area contributed by atoms with E-state index in [9.17, 15) is 9.59 Å². The van der Waals surface area contributed by atoms with Crippen molar-refractivity contribution in [1.29, 1.82) is 0 Å². The van der Waals surface area contributed by atoms with Gasteiger partial charge in [-0.25, -0.2) is 0 Å². The summed E-state index contributed by atoms with van der Waals surface area (Å²) in [5.74, 6) is 2.22. The van der Waals surface area contributed by atoms with E-state index in [1.54, 1.807) is 18.2 Å². The van der Waals surface area contributed by atoms with E-state index in [0.29, 0.717) is 35.3 Å². The minimum atomic E-state index is -0.515. The monoisotopic (exact) mass is 345 g/mol. The Bertz CT molecular complexity index is 672. The van der Waals surface area contributed by atoms with Crippen LogP contribution in [0, 0.1) is 11.8 Å². The van der Waals surface area contributed by atoms with Gasteiger partial charge in [0.2, 0.25) is 0 Å². The highest BCUT2D eigenvalue weighted by atomic mass is 16.5. The highest BCUT2D eigenvalue weighted by molar-refractivity contribution is 6.00. The van der Waals surface area contributed by atoms with Crippen LogP contribution >= 0.6 is 0 Å². The zero-order chi connectivity index (χ0) is 18.2. The minimum absolute atomic E-state index is 0.00782. The van der Waals surface area contributed by atoms with Crippen molar-refractivity contribution in [3.05, 3.63) is 23.8 Å². The third kappa shape index (κ3) is 4.14. The van der Waals surface area contributed by atoms with Gasteiger partial charge in [-0.1, -0.05) is 13.8 Å². The Morgan fingerprint density at radius 3 is 2.64 bits per heavy atom. The van der Waals surface area contributed by atoms with Crippen molar-refractivity contribution < 1.29 is 19.1 Å². The van der Waals surface area contributed by atoms with Crippen molar-refractivity contribution in [3.8, 4) is 11.5 Å². The van der Waals surface area contributed by atoms with Gasteiger partial charge in [0.1, 0.15) is 17.1 Å². The van der Waals surface area contributed by atoms with Crippen molar-refractivity contribution in [1.82, 2.24) is 4.90 Å². The Kier molecular flexibility index (Phi) is 4.76. The van der Waals surface area contributed by atoms with Gasteiger partial charge >= 0.3 is 0 Å². The van der Waals surface area contributed by atoms with Gasteiger partial charge in [0.05, 0.1) is 12.0 Å². The molecule has 2 unspecified atom stereocenters. The molecule has 2 atom stereocenters. The largest absolute Gasteiger partial charge is 0.486 e. The smallest absolute Gasteiger partial charge is 0.260 e. The predicted octanol–water partition coefficient (Wildman–Crippen LogP) is 3.31. The van der Waals surface area contributed by atoms with Gasteiger partial charge in [0.25, 0.3) is 5.91 Å². The lowest BCUT2D eigenvalue weighted by Crippen LogP contribution is -2.44. The maximum atomic E-state index is 12.4. The van der Waals surface area contributed by atoms with Gasteiger partial charge in [-0.15, -0.1) is 0 Å². The number of Topliss-reactive ketones (excluding diaryl/α,β-unsaturated/α-hetero) is 1. The van der Waals surface area contributed by atoms with Gasteiger partial charge in [0.15, 0.2) is 12.4 Å². The third-order valence-electron chi connectivity index (χ3n) is 4.81. The van der Waals surface area contributed by atoms with Crippen molar-refractivity contribution in [2.24, 2.45) is 11.8 Å². The standard InChI is InChI=1S/C20H27NO4/c1-13-7-14(2)11-21(10-13)19(23)12-24-15-5-6-16-17(22)9-20(3,4)25-18(16)8-15/h5-6,8,13-14H,7,9-12H2,1-4H3. The Labute approximate surface area is 149 Å². The van der Waals surface area contributed by atoms with Gasteiger partial charge in [-0.3, -0.25) is 9.59 Å². The molecule has 3 rings (SSSR count). The van der Waals surface area contributed by atoms with Gasteiger partial charge in [0, 0.05) is 19.2 Å². The Morgan fingerprint density at radius 2 is 1.96 bits per heavy atom. The molecule has 0 radical (unpaired) electrons. The van der Waals surface area contributed by atoms with Crippen LogP contribution in [0.1, 0.15) is 50.9 Å². The molecule has 0 saturated carbocycles. The Morgan fingerprint density at radius 1 is 1.28 bits per heavy atom. The fourth-order valence-electron chi connectivity index (χ4n) is 3.83. The zero-order valence-corrected chi connectivity index (χ0v) is 15.5. The third-order valence-corrected chi connectivity index (χ3v) is 4.81. The number of hydrogen-bond acceptors (Lipinski definition) is 4. The fourth-order valence-corrected chi connectivity index (χ4v) is 3.83. The minimum Gasteiger partial charge on any atom is -0.486 e. The number of carbonyl (C=O) groups is 2. The fraction of sp³-hybridized carbons (Fsp3) is 0.600. The van der Waals surface area contributed by atoms with E-state index >= 15 is 0 Å². The number of nitrogens with zero attached hydrogens (tertiary/aromatic N) is 1. The number of piperidine rings is 1. The van der Waals surface area contributed by atoms with Crippen LogP contribution < -0.4 is 9.47 Å². The lowest BCUT2D eigenvalue weighted by molar-refractivity contribution is -0.136. The van der Waals surface area contributed by atoms with Crippen molar-refractivity contribution in [2.45, 2.75) is 46.1 Å². The predicted molar refractivity (Wildman–Crippen MR) is 95.1 cm³/mol. The van der Waals surface area contributed by atoms with Crippen molar-refractivity contribution in [2.75, 3.05) is 19.7 Å². The second-order valence-electron chi connectivity index (χ2n) is 8.15. The van der Waals surface area contributed by atoms with Gasteiger partial charge in [-0.05, 0) is 44.2 Å². The normalized spacial score (nSPS) is 25.1. The first-order chi connectivity index (χ1) is 11.7. The molecule has 0 N–H and O–H groups in total. The zero-order valence-electron chi connectivity index (χ0n) is 15.5. The molecule has 5 heteroatoms. The summed E-state index contributed by atoms with van der Waals surface area (Å²) in [5, 5.41) is 0. The molecule has 1 amide bonds. The van der Waals surface area contributed by atoms with Crippen LogP contribution in [0.25, 0.3) is 0 Å². The number of ketones is 1. The summed E-state index contributed by atoms with van der Waals surface area (Å²) in [6, 6.07) is 5.16. The van der Waals surface area contributed by atoms with Crippen LogP contribution in [-0.4, -0.2) is 41.9 Å². The van der Waals surface area contributed by atoms with Gasteiger partial charge in [-0.2, -0.15) is 0 Å². The number of rotatable bonds is 3. The molecular formula is C20H27NO4. The second-order valence-corrected chi connectivity index (χ2v) is 8.15. The highest BCUT2D eigenvalue weighted by Gasteiger charge is 2.32. The molecule has 2 aliphatic rings. The Hall–Kier alpha value is -2.04. The number of benzene rings is 1. The lowest BCUT2D eigenvalue weighted by atomic mass is 9.92. The summed E-state index contributed by atoms with van der Waals surface area (Å²) in [4.78, 5) is 26.5. The van der Waals surface area contributed by atoms with Crippen LogP contribution in [0.5, 0.6) is 11.5 Å². The highest BCUT2D eigenvalue weighted by Crippen LogP contribution is 2.35. The SMILES string of the molecule is CC1CC(C)CN(C(=O)COc2ccc3c(c2)OC(C)(C)CC3=O)C1. The first kappa shape index (κ1) is 17.8. The molecule has 5 nitrogen and oxygen atoms in total. The molecule has 1 aromatic carbocycles. The van der Waals surface area contributed by atoms with Crippen LogP contribution in [0.2, 0.25) is 0 Å². The van der Waals surface area contributed by atoms with Crippen LogP contribution in [0.3, 0.4) is 0 Å². The number of ether oxygens (including phenoxy) is 2. The van der Waals surface area contributed by atoms with Crippen LogP contribution in [0.15, 0.2) is 18.2 Å². The Balaban J connectivity index is 1.64. The quantitative estimate of drug-likeness (QED) is 0.843. The maximum absolute atomic E-state index is 12.4. The number of fused-ring (bicyclic) bond motifs is 1. The average molecular weight is 345 g/mol. The summed E-state index contributed by atoms with van der Waals surface area (Å²) in [7, 11) is 0. The first-order valence-electron chi connectivity index (χ1n) is 9.00. The molecule has 1 aromatic rings. The van der Waals surface area contributed by atoms with E-state index in [0.717, 1.165) is 19.5 Å². The molecule has 1 saturated heterocycles. The van der Waals surface area contributed by atoms with E-state index in [1.807, 2.05) is 18.7 Å². The van der Waals surface area contributed by atoms with E-state index in [2.05, 4.69) is 13.8 Å². The van der Waals surface area contributed by atoms with Crippen LogP contribution in [0.4, 0.5) is 0 Å². The molecule has 0 spiro atoms. The maximum Gasteiger partial charge on any atom is 0.260 e. The number of amides is 1. The lowest BCUT2D eigenvalue weighted by Gasteiger charge is -2.35. The summed E-state index contributed by atoms with van der Waals surface area (Å²) in [6.45, 7) is 9.74. The molecule has 0 bridgehead atoms. The van der Waals surface area contributed by atoms with Crippen molar-refractivity contribution >= 4 is 11.7 Å². The molecule has 0 aromatic heterocycles. The number of carbonyl (C=O) groups excluding carboxylic acids is 2. The first-order valence-corrected chi connectivity index (χ1v) is 9.00. The molecular weight excluding hydrogens is 318 g/mol. The number of likely N-dealkylation sites (tertiary alicyclic amines) is 1. The van der Waals surface area contributed by atoms with E-state index in [1.165, 1.54) is 0 Å². The molecule has 1 fully saturated rings. The summed E-state index contributed by atoms with van der Waals surface area (Å²) in [6.07, 6.45) is 1.53. The average Bonchev–Trinajstić information content (AvgIpc) is 2.50. The van der Waals surface area contributed by atoms with E-state index < -0.39 is 5.60 Å². The summed E-state index contributed by atoms with van der Waals surface area (Å²) < 4.78 is 11.6. The topological polar surface area (TPSA) is 55.8 Å². The molecule has 0 aliphatic carbocycles. The molecule has 2 aliphatic heterocycles. The molecule has 2 heterocycles. The second kappa shape index (κ2) is 6.70. The van der Waals surface area contributed by atoms with Crippen LogP contribution in [-0.2, 0) is 4.79 Å². The molecule has 25 heavy (non-hydrogen) atoms. The van der Waals surface area contributed by atoms with Crippen molar-refractivity contribution in [3.63, 3.8) is 0 Å². The summed E-state index contributed by atoms with van der Waals surface area (Å²) >= 11 is 0. The number of hydrogen-bond donors (Lipinski definition) is 0. The van der Waals surface area contributed by atoms with Gasteiger partial charge < -0.3 is 14.4 Å². The van der Waals surface area contributed by atoms with E-state index in [4.69, 9.17) is 9.47 Å². The summed E-state index contributed by atoms with van der Waals surface area (Å²) in [5.41, 5.74) is 0.0650. The molecule has 136 valence electrons. The van der Waals surface area contributed by atoms with E-state index in [-0.39, 0.29) is 18.3 Å².